The quantitative estimate of drug-likeness (QED) is 0.257. The van der Waals surface area contributed by atoms with Crippen molar-refractivity contribution in [3.8, 4) is 11.4 Å². The molecule has 0 radical (unpaired) electrons. The van der Waals surface area contributed by atoms with Crippen molar-refractivity contribution in [1.82, 2.24) is 9.13 Å². The van der Waals surface area contributed by atoms with Crippen LogP contribution < -0.4 is 24.8 Å². The Morgan fingerprint density at radius 2 is 0.936 bits per heavy atom. The molecule has 2 aromatic heterocycles. The molecule has 0 aliphatic heterocycles. The van der Waals surface area contributed by atoms with E-state index in [0.717, 1.165) is 0 Å². The van der Waals surface area contributed by atoms with Crippen LogP contribution in [0.4, 0.5) is 0 Å². The van der Waals surface area contributed by atoms with Crippen LogP contribution in [0.2, 0.25) is 0 Å². The zero-order chi connectivity index (χ0) is 29.5. The minimum Gasteiger partial charge on any atom is -1.00 e. The molecule has 0 saturated heterocycles. The number of hydrogen-bond acceptors (Lipinski definition) is 0. The summed E-state index contributed by atoms with van der Waals surface area (Å²) in [6, 6.07) is 32.5. The molecule has 0 saturated carbocycles. The first-order valence-electron chi connectivity index (χ1n) is 17.0. The third kappa shape index (κ3) is 4.75. The standard InChI is InChI=1S/2C21H18N.2ClH.Zr/c2*1-3-12-20-17(9-1)18-10-2-4-13-21(18)22(20)19-14-6-8-15-7-5-11-16(15)19;;;/h2*1,3,5-9,11-12,14H,2,4,10,13H2;2*1H;/q;;;;+2/p-2. The summed E-state index contributed by atoms with van der Waals surface area (Å²) in [6.45, 7) is 0. The van der Waals surface area contributed by atoms with Gasteiger partial charge in [0, 0.05) is 0 Å². The molecular formula is C42H36Cl2N2Zr. The van der Waals surface area contributed by atoms with Gasteiger partial charge >= 0.3 is 278 Å². The van der Waals surface area contributed by atoms with E-state index in [4.69, 9.17) is 0 Å². The smallest absolute Gasteiger partial charge is 1.00 e. The number of benzene rings is 4. The Morgan fingerprint density at radius 3 is 1.43 bits per heavy atom. The molecule has 0 N–H and O–H groups in total. The molecular weight excluding hydrogens is 695 g/mol. The van der Waals surface area contributed by atoms with Gasteiger partial charge < -0.3 is 24.8 Å². The average Bonchev–Trinajstić information content (AvgIpc) is 3.86. The summed E-state index contributed by atoms with van der Waals surface area (Å²) >= 11 is -0.890. The summed E-state index contributed by atoms with van der Waals surface area (Å²) in [5.74, 6) is 0. The molecule has 4 aromatic carbocycles. The Morgan fingerprint density at radius 1 is 0.489 bits per heavy atom. The molecule has 2 heterocycles. The van der Waals surface area contributed by atoms with Gasteiger partial charge in [-0.3, -0.25) is 0 Å². The van der Waals surface area contributed by atoms with Crippen molar-refractivity contribution in [3.05, 3.63) is 142 Å². The molecule has 47 heavy (non-hydrogen) atoms. The van der Waals surface area contributed by atoms with Crippen LogP contribution in [0.15, 0.2) is 97.1 Å². The minimum atomic E-state index is -0.890. The van der Waals surface area contributed by atoms with Crippen LogP contribution in [0.5, 0.6) is 0 Å². The van der Waals surface area contributed by atoms with E-state index < -0.39 is 23.2 Å². The van der Waals surface area contributed by atoms with Gasteiger partial charge in [0.05, 0.1) is 0 Å². The molecule has 2 nitrogen and oxygen atoms in total. The zero-order valence-electron chi connectivity index (χ0n) is 26.4. The van der Waals surface area contributed by atoms with Crippen LogP contribution in [0.25, 0.3) is 45.3 Å². The Bertz CT molecular complexity index is 2080. The van der Waals surface area contributed by atoms with E-state index >= 15 is 0 Å². The number of rotatable bonds is 4. The summed E-state index contributed by atoms with van der Waals surface area (Å²) in [7, 11) is 0. The van der Waals surface area contributed by atoms with Crippen molar-refractivity contribution in [1.29, 1.82) is 0 Å². The number of aromatic nitrogens is 2. The number of aryl methyl sites for hydroxylation is 2. The van der Waals surface area contributed by atoms with E-state index in [1.165, 1.54) is 95.7 Å². The Balaban J connectivity index is 0.00000162. The zero-order valence-corrected chi connectivity index (χ0v) is 30.3. The van der Waals surface area contributed by atoms with E-state index in [-0.39, 0.29) is 24.8 Å². The Labute approximate surface area is 301 Å². The predicted octanol–water partition coefficient (Wildman–Crippen LogP) is 4.26. The van der Waals surface area contributed by atoms with Crippen molar-refractivity contribution in [3.63, 3.8) is 0 Å². The number of para-hydroxylation sites is 2. The van der Waals surface area contributed by atoms with E-state index in [1.54, 1.807) is 33.6 Å². The molecule has 0 spiro atoms. The van der Waals surface area contributed by atoms with E-state index in [0.29, 0.717) is 7.25 Å². The number of fused-ring (bicyclic) bond motifs is 8. The van der Waals surface area contributed by atoms with Gasteiger partial charge in [-0.25, -0.2) is 0 Å². The molecule has 0 bridgehead atoms. The molecule has 0 fully saturated rings. The van der Waals surface area contributed by atoms with Crippen LogP contribution in [-0.2, 0) is 48.9 Å². The van der Waals surface area contributed by atoms with Crippen LogP contribution in [0, 0.1) is 0 Å². The third-order valence-electron chi connectivity index (χ3n) is 11.0. The van der Waals surface area contributed by atoms with Gasteiger partial charge in [-0.05, 0) is 0 Å². The van der Waals surface area contributed by atoms with Gasteiger partial charge in [-0.2, -0.15) is 0 Å². The molecule has 0 amide bonds. The topological polar surface area (TPSA) is 9.86 Å². The fraction of sp³-hybridized carbons (Fsp3) is 0.238. The van der Waals surface area contributed by atoms with Gasteiger partial charge in [0.15, 0.2) is 0 Å². The third-order valence-corrected chi connectivity index (χ3v) is 15.3. The summed E-state index contributed by atoms with van der Waals surface area (Å²) in [6.07, 6.45) is 20.0. The monoisotopic (exact) mass is 728 g/mol. The predicted molar refractivity (Wildman–Crippen MR) is 183 cm³/mol. The molecule has 6 aromatic rings. The summed E-state index contributed by atoms with van der Waals surface area (Å²) in [5, 5.41) is 2.92. The van der Waals surface area contributed by atoms with Crippen molar-refractivity contribution in [2.75, 3.05) is 0 Å². The average molecular weight is 731 g/mol. The van der Waals surface area contributed by atoms with Crippen LogP contribution >= 0.6 is 0 Å². The van der Waals surface area contributed by atoms with Crippen LogP contribution in [0.1, 0.15) is 77.7 Å². The number of halogens is 2. The van der Waals surface area contributed by atoms with Crippen molar-refractivity contribution >= 4 is 34.0 Å². The first-order valence-corrected chi connectivity index (χ1v) is 19.8. The molecule has 2 atom stereocenters. The number of allylic oxidation sites excluding steroid dienone is 2. The summed E-state index contributed by atoms with van der Waals surface area (Å²) < 4.78 is 6.43. The molecule has 4 aliphatic rings. The Kier molecular flexibility index (Phi) is 8.24. The second-order valence-corrected chi connectivity index (χ2v) is 17.2. The summed E-state index contributed by atoms with van der Waals surface area (Å²) in [5.41, 5.74) is 17.9. The van der Waals surface area contributed by atoms with Crippen molar-refractivity contribution in [2.45, 2.75) is 58.6 Å². The SMILES string of the molecule is C1=C[CH]([Zr+2][CH]2C=Cc3c2cccc3-n2c3c(c4ccccc42)CCCC3)c2cccc(-n3c4c(c5ccccc53)CCCC4)c21.[Cl-].[Cl-]. The maximum Gasteiger partial charge on any atom is -1.00 e. The van der Waals surface area contributed by atoms with Gasteiger partial charge in [-0.1, -0.05) is 0 Å². The van der Waals surface area contributed by atoms with Gasteiger partial charge in [0.1, 0.15) is 0 Å². The largest absolute Gasteiger partial charge is 1.00 e. The first-order chi connectivity index (χ1) is 22.3. The van der Waals surface area contributed by atoms with E-state index in [2.05, 4.69) is 118 Å². The fourth-order valence-electron chi connectivity index (χ4n) is 9.05. The van der Waals surface area contributed by atoms with Gasteiger partial charge in [-0.15, -0.1) is 0 Å². The van der Waals surface area contributed by atoms with E-state index in [1.807, 2.05) is 0 Å². The number of nitrogens with zero attached hydrogens (tertiary/aromatic N) is 2. The first kappa shape index (κ1) is 31.2. The summed E-state index contributed by atoms with van der Waals surface area (Å²) in [4.78, 5) is 0. The molecule has 10 rings (SSSR count). The molecule has 5 heteroatoms. The second-order valence-electron chi connectivity index (χ2n) is 13.4. The normalized spacial score (nSPS) is 18.6. The van der Waals surface area contributed by atoms with Crippen molar-refractivity contribution in [2.24, 2.45) is 0 Å². The van der Waals surface area contributed by atoms with Gasteiger partial charge in [0.25, 0.3) is 0 Å². The molecule has 232 valence electrons. The van der Waals surface area contributed by atoms with Crippen LogP contribution in [0.3, 0.4) is 0 Å². The fourth-order valence-corrected chi connectivity index (χ4v) is 13.1. The van der Waals surface area contributed by atoms with E-state index in [9.17, 15) is 0 Å². The maximum atomic E-state index is 2.62. The van der Waals surface area contributed by atoms with Crippen LogP contribution in [-0.4, -0.2) is 9.13 Å². The molecule has 2 unspecified atom stereocenters. The molecule has 4 aliphatic carbocycles. The number of hydrogen-bond donors (Lipinski definition) is 0. The van der Waals surface area contributed by atoms with Gasteiger partial charge in [0.2, 0.25) is 0 Å². The second kappa shape index (κ2) is 12.4. The Hall–Kier alpha value is -3.10. The maximum absolute atomic E-state index is 2.62. The van der Waals surface area contributed by atoms with Crippen molar-refractivity contribution < 1.29 is 48.0 Å². The minimum absolute atomic E-state index is 0.